The number of nitrogens with one attached hydrogen (secondary N) is 1. The van der Waals surface area contributed by atoms with E-state index < -0.39 is 0 Å². The van der Waals surface area contributed by atoms with Crippen molar-refractivity contribution in [1.29, 1.82) is 0 Å². The van der Waals surface area contributed by atoms with E-state index in [0.717, 1.165) is 16.8 Å². The third kappa shape index (κ3) is 2.65. The molecule has 5 nitrogen and oxygen atoms in total. The van der Waals surface area contributed by atoms with Gasteiger partial charge in [0, 0.05) is 34.3 Å². The van der Waals surface area contributed by atoms with Crippen LogP contribution in [0.25, 0.3) is 10.9 Å². The van der Waals surface area contributed by atoms with Gasteiger partial charge < -0.3 is 5.32 Å². The Morgan fingerprint density at radius 2 is 2.14 bits per heavy atom. The van der Waals surface area contributed by atoms with Crippen LogP contribution in [0.1, 0.15) is 16.1 Å². The van der Waals surface area contributed by atoms with Crippen molar-refractivity contribution in [2.75, 3.05) is 5.32 Å². The molecule has 112 valence electrons. The predicted octanol–water partition coefficient (Wildman–Crippen LogP) is 4.43. The van der Waals surface area contributed by atoms with Crippen molar-refractivity contribution in [3.05, 3.63) is 62.0 Å². The molecule has 1 N–H and O–H groups in total. The van der Waals surface area contributed by atoms with E-state index in [1.165, 1.54) is 16.5 Å². The number of rotatable bonds is 4. The summed E-state index contributed by atoms with van der Waals surface area (Å²) < 4.78 is 0. The number of nitro benzene ring substituents is 1. The number of thiophene rings is 1. The molecule has 6 heteroatoms. The lowest BCUT2D eigenvalue weighted by atomic mass is 10.1. The van der Waals surface area contributed by atoms with Crippen LogP contribution in [0.3, 0.4) is 0 Å². The highest BCUT2D eigenvalue weighted by Crippen LogP contribution is 2.30. The number of para-hydroxylation sites is 1. The number of nitro groups is 1. The number of fused-ring (bicyclic) bond motifs is 1. The minimum absolute atomic E-state index is 0.0385. The predicted molar refractivity (Wildman–Crippen MR) is 89.5 cm³/mol. The average Bonchev–Trinajstić information content (AvgIpc) is 2.89. The highest BCUT2D eigenvalue weighted by atomic mass is 32.1. The van der Waals surface area contributed by atoms with Crippen molar-refractivity contribution < 1.29 is 4.92 Å². The maximum absolute atomic E-state index is 11.2. The van der Waals surface area contributed by atoms with Gasteiger partial charge in [-0.1, -0.05) is 12.1 Å². The van der Waals surface area contributed by atoms with E-state index in [1.807, 2.05) is 19.1 Å². The Morgan fingerprint density at radius 1 is 1.32 bits per heavy atom. The molecule has 0 saturated heterocycles. The summed E-state index contributed by atoms with van der Waals surface area (Å²) in [7, 11) is 0. The van der Waals surface area contributed by atoms with Crippen LogP contribution in [-0.4, -0.2) is 9.91 Å². The number of anilines is 1. The monoisotopic (exact) mass is 313 g/mol. The van der Waals surface area contributed by atoms with Crippen molar-refractivity contribution >= 4 is 33.6 Å². The van der Waals surface area contributed by atoms with Crippen LogP contribution in [0.5, 0.6) is 0 Å². The zero-order valence-corrected chi connectivity index (χ0v) is 13.1. The normalized spacial score (nSPS) is 10.8. The lowest BCUT2D eigenvalue weighted by Gasteiger charge is -2.10. The summed E-state index contributed by atoms with van der Waals surface area (Å²) in [6, 6.07) is 9.05. The molecule has 3 aromatic rings. The topological polar surface area (TPSA) is 68.1 Å². The zero-order chi connectivity index (χ0) is 15.7. The summed E-state index contributed by atoms with van der Waals surface area (Å²) in [4.78, 5) is 16.4. The van der Waals surface area contributed by atoms with E-state index in [0.29, 0.717) is 12.1 Å². The van der Waals surface area contributed by atoms with Gasteiger partial charge in [0.05, 0.1) is 4.92 Å². The van der Waals surface area contributed by atoms with E-state index in [2.05, 4.69) is 28.7 Å². The first-order valence-corrected chi connectivity index (χ1v) is 7.76. The molecule has 2 heterocycles. The van der Waals surface area contributed by atoms with Crippen LogP contribution < -0.4 is 5.32 Å². The summed E-state index contributed by atoms with van der Waals surface area (Å²) >= 11 is 1.70. The van der Waals surface area contributed by atoms with E-state index in [4.69, 9.17) is 0 Å². The first-order chi connectivity index (χ1) is 10.6. The van der Waals surface area contributed by atoms with E-state index in [-0.39, 0.29) is 10.6 Å². The molecule has 0 saturated carbocycles. The molecule has 0 aliphatic heterocycles. The lowest BCUT2D eigenvalue weighted by molar-refractivity contribution is -0.383. The summed E-state index contributed by atoms with van der Waals surface area (Å²) in [5.74, 6) is 0. The average molecular weight is 313 g/mol. The molecule has 3 rings (SSSR count). The number of aryl methyl sites for hydroxylation is 2. The minimum atomic E-state index is -0.387. The number of non-ortho nitro benzene ring substituents is 1. The fraction of sp³-hybridized carbons (Fsp3) is 0.188. The zero-order valence-electron chi connectivity index (χ0n) is 12.3. The number of nitrogens with zero attached hydrogens (tertiary/aromatic N) is 2. The maximum Gasteiger partial charge on any atom is 0.295 e. The number of hydrogen-bond acceptors (Lipinski definition) is 5. The Morgan fingerprint density at radius 3 is 2.82 bits per heavy atom. The summed E-state index contributed by atoms with van der Waals surface area (Å²) in [5, 5.41) is 17.4. The molecule has 0 spiro atoms. The van der Waals surface area contributed by atoms with Crippen LogP contribution in [0.2, 0.25) is 0 Å². The van der Waals surface area contributed by atoms with Gasteiger partial charge in [-0.3, -0.25) is 10.1 Å². The summed E-state index contributed by atoms with van der Waals surface area (Å²) in [6.45, 7) is 4.62. The standard InChI is InChI=1S/C16H15N3O2S/c1-10-6-7-22-15(10)9-17-13-8-11(2)18-16-12(13)4-3-5-14(16)19(20)21/h3-8H,9H2,1-2H3,(H,17,18). The fourth-order valence-corrected chi connectivity index (χ4v) is 3.26. The van der Waals surface area contributed by atoms with E-state index in [9.17, 15) is 10.1 Å². The largest absolute Gasteiger partial charge is 0.380 e. The number of aromatic nitrogens is 1. The summed E-state index contributed by atoms with van der Waals surface area (Å²) in [6.07, 6.45) is 0. The Labute approximate surface area is 131 Å². The smallest absolute Gasteiger partial charge is 0.295 e. The fourth-order valence-electron chi connectivity index (χ4n) is 2.42. The van der Waals surface area contributed by atoms with Crippen LogP contribution in [-0.2, 0) is 6.54 Å². The van der Waals surface area contributed by atoms with Crippen molar-refractivity contribution in [3.8, 4) is 0 Å². The van der Waals surface area contributed by atoms with Crippen LogP contribution in [0.4, 0.5) is 11.4 Å². The van der Waals surface area contributed by atoms with Gasteiger partial charge >= 0.3 is 0 Å². The molecule has 0 fully saturated rings. The SMILES string of the molecule is Cc1cc(NCc2sccc2C)c2cccc([N+](=O)[O-])c2n1. The van der Waals surface area contributed by atoms with Gasteiger partial charge in [0.25, 0.3) is 5.69 Å². The highest BCUT2D eigenvalue weighted by molar-refractivity contribution is 7.10. The van der Waals surface area contributed by atoms with Crippen LogP contribution in [0.15, 0.2) is 35.7 Å². The first kappa shape index (κ1) is 14.5. The quantitative estimate of drug-likeness (QED) is 0.571. The van der Waals surface area contributed by atoms with E-state index >= 15 is 0 Å². The van der Waals surface area contributed by atoms with Gasteiger partial charge in [-0.15, -0.1) is 11.3 Å². The van der Waals surface area contributed by atoms with Crippen LogP contribution >= 0.6 is 11.3 Å². The Bertz CT molecular complexity index is 858. The van der Waals surface area contributed by atoms with Crippen molar-refractivity contribution in [1.82, 2.24) is 4.98 Å². The van der Waals surface area contributed by atoms with Gasteiger partial charge in [0.15, 0.2) is 5.52 Å². The molecule has 0 aliphatic rings. The van der Waals surface area contributed by atoms with Crippen molar-refractivity contribution in [3.63, 3.8) is 0 Å². The molecule has 2 aromatic heterocycles. The molecule has 0 atom stereocenters. The second-order valence-electron chi connectivity index (χ2n) is 5.12. The van der Waals surface area contributed by atoms with Gasteiger partial charge in [-0.2, -0.15) is 0 Å². The van der Waals surface area contributed by atoms with Gasteiger partial charge in [0.1, 0.15) is 0 Å². The van der Waals surface area contributed by atoms with Gasteiger partial charge in [-0.05, 0) is 36.9 Å². The van der Waals surface area contributed by atoms with Gasteiger partial charge in [-0.25, -0.2) is 4.98 Å². The number of pyridine rings is 1. The third-order valence-electron chi connectivity index (χ3n) is 3.55. The van der Waals surface area contributed by atoms with Crippen LogP contribution in [0, 0.1) is 24.0 Å². The highest BCUT2D eigenvalue weighted by Gasteiger charge is 2.15. The lowest BCUT2D eigenvalue weighted by Crippen LogP contribution is -2.02. The Kier molecular flexibility index (Phi) is 3.77. The number of benzene rings is 1. The Balaban J connectivity index is 2.04. The Hall–Kier alpha value is -2.47. The second-order valence-corrected chi connectivity index (χ2v) is 6.12. The molecular formula is C16H15N3O2S. The van der Waals surface area contributed by atoms with Gasteiger partial charge in [0.2, 0.25) is 0 Å². The van der Waals surface area contributed by atoms with E-state index in [1.54, 1.807) is 17.4 Å². The van der Waals surface area contributed by atoms with Crippen molar-refractivity contribution in [2.45, 2.75) is 20.4 Å². The van der Waals surface area contributed by atoms with Crippen molar-refractivity contribution in [2.24, 2.45) is 0 Å². The number of hydrogen-bond donors (Lipinski definition) is 1. The molecule has 0 unspecified atom stereocenters. The molecule has 0 bridgehead atoms. The second kappa shape index (κ2) is 5.73. The molecular weight excluding hydrogens is 298 g/mol. The maximum atomic E-state index is 11.2. The minimum Gasteiger partial charge on any atom is -0.380 e. The summed E-state index contributed by atoms with van der Waals surface area (Å²) in [5.41, 5.74) is 3.35. The molecule has 0 amide bonds. The molecule has 0 aliphatic carbocycles. The third-order valence-corrected chi connectivity index (χ3v) is 4.57. The molecule has 1 aromatic carbocycles. The first-order valence-electron chi connectivity index (χ1n) is 6.88. The molecule has 22 heavy (non-hydrogen) atoms. The molecule has 0 radical (unpaired) electrons.